The van der Waals surface area contributed by atoms with E-state index in [9.17, 15) is 4.79 Å². The van der Waals surface area contributed by atoms with Gasteiger partial charge < -0.3 is 14.4 Å². The molecule has 25 heavy (non-hydrogen) atoms. The largest absolute Gasteiger partial charge is 0.494 e. The van der Waals surface area contributed by atoms with E-state index in [1.54, 1.807) is 28.9 Å². The van der Waals surface area contributed by atoms with E-state index < -0.39 is 0 Å². The Morgan fingerprint density at radius 1 is 1.32 bits per heavy atom. The Labute approximate surface area is 145 Å². The molecule has 128 valence electrons. The van der Waals surface area contributed by atoms with E-state index in [2.05, 4.69) is 12.0 Å². The van der Waals surface area contributed by atoms with Crippen LogP contribution in [0.1, 0.15) is 23.7 Å². The van der Waals surface area contributed by atoms with Crippen molar-refractivity contribution in [1.82, 2.24) is 9.61 Å². The minimum Gasteiger partial charge on any atom is -0.494 e. The van der Waals surface area contributed by atoms with Crippen molar-refractivity contribution in [2.45, 2.75) is 19.4 Å². The smallest absolute Gasteiger partial charge is 0.262 e. The summed E-state index contributed by atoms with van der Waals surface area (Å²) < 4.78 is 13.1. The van der Waals surface area contributed by atoms with Crippen molar-refractivity contribution >= 4 is 17.1 Å². The maximum Gasteiger partial charge on any atom is 0.262 e. The Bertz CT molecular complexity index is 935. The molecule has 3 heterocycles. The summed E-state index contributed by atoms with van der Waals surface area (Å²) in [6, 6.07) is 11.3. The highest BCUT2D eigenvalue weighted by Crippen LogP contribution is 2.35. The Morgan fingerprint density at radius 2 is 2.16 bits per heavy atom. The molecule has 0 N–H and O–H groups in total. The number of hydrogen-bond acceptors (Lipinski definition) is 4. The quantitative estimate of drug-likeness (QED) is 0.737. The molecule has 6 nitrogen and oxygen atoms in total. The second-order valence-electron chi connectivity index (χ2n) is 5.96. The van der Waals surface area contributed by atoms with Gasteiger partial charge in [-0.15, -0.1) is 0 Å². The number of fused-ring (bicyclic) bond motifs is 2. The third kappa shape index (κ3) is 2.50. The zero-order chi connectivity index (χ0) is 17.4. The third-order valence-electron chi connectivity index (χ3n) is 4.49. The monoisotopic (exact) mass is 337 g/mol. The lowest BCUT2D eigenvalue weighted by atomic mass is 10.1. The summed E-state index contributed by atoms with van der Waals surface area (Å²) in [6.07, 6.45) is 4.20. The first kappa shape index (κ1) is 15.5. The molecule has 0 saturated heterocycles. The standard InChI is InChI=1S/C19H19N3O3/c1-3-13-12-21(15-7-4-5-8-16(15)25-13)19(23)14-11-20-22-10-6-9-17(24-2)18(14)22/h4-11,13H,3,12H2,1-2H3. The second-order valence-corrected chi connectivity index (χ2v) is 5.96. The van der Waals surface area contributed by atoms with Crippen LogP contribution >= 0.6 is 0 Å². The van der Waals surface area contributed by atoms with Crippen molar-refractivity contribution in [3.05, 3.63) is 54.4 Å². The highest BCUT2D eigenvalue weighted by atomic mass is 16.5. The highest BCUT2D eigenvalue weighted by Gasteiger charge is 2.31. The van der Waals surface area contributed by atoms with Crippen molar-refractivity contribution in [2.24, 2.45) is 0 Å². The number of carbonyl (C=O) groups excluding carboxylic acids is 1. The summed E-state index contributed by atoms with van der Waals surface area (Å²) in [7, 11) is 1.59. The Hall–Kier alpha value is -3.02. The van der Waals surface area contributed by atoms with Crippen LogP contribution in [0.15, 0.2) is 48.8 Å². The number of pyridine rings is 1. The fraction of sp³-hybridized carbons (Fsp3) is 0.263. The highest BCUT2D eigenvalue weighted by molar-refractivity contribution is 6.12. The van der Waals surface area contributed by atoms with Gasteiger partial charge in [0.25, 0.3) is 5.91 Å². The van der Waals surface area contributed by atoms with E-state index in [1.165, 1.54) is 0 Å². The molecule has 0 fully saturated rings. The normalized spacial score (nSPS) is 16.4. The van der Waals surface area contributed by atoms with Crippen LogP contribution in [-0.4, -0.2) is 35.3 Å². The summed E-state index contributed by atoms with van der Waals surface area (Å²) in [4.78, 5) is 15.1. The van der Waals surface area contributed by atoms with Gasteiger partial charge in [-0.2, -0.15) is 5.10 Å². The fourth-order valence-corrected chi connectivity index (χ4v) is 3.18. The van der Waals surface area contributed by atoms with E-state index in [-0.39, 0.29) is 12.0 Å². The molecule has 0 saturated carbocycles. The van der Waals surface area contributed by atoms with Crippen molar-refractivity contribution in [3.8, 4) is 11.5 Å². The van der Waals surface area contributed by atoms with Gasteiger partial charge in [0.05, 0.1) is 31.1 Å². The predicted octanol–water partition coefficient (Wildman–Crippen LogP) is 3.16. The molecular weight excluding hydrogens is 318 g/mol. The number of amides is 1. The molecule has 2 aromatic heterocycles. The van der Waals surface area contributed by atoms with Gasteiger partial charge in [-0.1, -0.05) is 19.1 Å². The third-order valence-corrected chi connectivity index (χ3v) is 4.49. The molecule has 1 amide bonds. The van der Waals surface area contributed by atoms with Gasteiger partial charge >= 0.3 is 0 Å². The minimum atomic E-state index is -0.103. The molecule has 0 spiro atoms. The lowest BCUT2D eigenvalue weighted by molar-refractivity contribution is 0.0956. The van der Waals surface area contributed by atoms with Gasteiger partial charge in [0.15, 0.2) is 0 Å². The zero-order valence-corrected chi connectivity index (χ0v) is 14.2. The Balaban J connectivity index is 1.81. The van der Waals surface area contributed by atoms with E-state index in [1.807, 2.05) is 36.4 Å². The number of carbonyl (C=O) groups is 1. The number of rotatable bonds is 3. The van der Waals surface area contributed by atoms with Crippen LogP contribution in [0.3, 0.4) is 0 Å². The lowest BCUT2D eigenvalue weighted by Gasteiger charge is -2.34. The first-order valence-electron chi connectivity index (χ1n) is 8.30. The van der Waals surface area contributed by atoms with E-state index in [0.29, 0.717) is 23.4 Å². The molecule has 1 atom stereocenters. The Kier molecular flexibility index (Phi) is 3.80. The van der Waals surface area contributed by atoms with Crippen molar-refractivity contribution in [3.63, 3.8) is 0 Å². The van der Waals surface area contributed by atoms with Crippen LogP contribution in [-0.2, 0) is 0 Å². The summed E-state index contributed by atoms with van der Waals surface area (Å²) >= 11 is 0. The second kappa shape index (κ2) is 6.12. The summed E-state index contributed by atoms with van der Waals surface area (Å²) in [5.74, 6) is 1.25. The number of ether oxygens (including phenoxy) is 2. The molecule has 1 aliphatic rings. The number of anilines is 1. The number of hydrogen-bond donors (Lipinski definition) is 0. The minimum absolute atomic E-state index is 0.0254. The number of methoxy groups -OCH3 is 1. The first-order chi connectivity index (χ1) is 12.2. The maximum absolute atomic E-state index is 13.3. The SMILES string of the molecule is CCC1CN(C(=O)c2cnn3cccc(OC)c23)c2ccccc2O1. The van der Waals surface area contributed by atoms with Gasteiger partial charge in [0.2, 0.25) is 0 Å². The molecule has 1 aliphatic heterocycles. The molecule has 1 unspecified atom stereocenters. The fourth-order valence-electron chi connectivity index (χ4n) is 3.18. The Morgan fingerprint density at radius 3 is 2.96 bits per heavy atom. The van der Waals surface area contributed by atoms with Gasteiger partial charge in [-0.05, 0) is 30.7 Å². The van der Waals surface area contributed by atoms with Crippen molar-refractivity contribution in [2.75, 3.05) is 18.6 Å². The number of benzene rings is 1. The summed E-state index contributed by atoms with van der Waals surface area (Å²) in [6.45, 7) is 2.57. The average Bonchev–Trinajstić information content (AvgIpc) is 3.10. The maximum atomic E-state index is 13.3. The topological polar surface area (TPSA) is 56.1 Å². The summed E-state index contributed by atoms with van der Waals surface area (Å²) in [5, 5.41) is 4.30. The molecular formula is C19H19N3O3. The van der Waals surface area contributed by atoms with Crippen LogP contribution in [0.2, 0.25) is 0 Å². The number of para-hydroxylation sites is 2. The van der Waals surface area contributed by atoms with Gasteiger partial charge in [-0.3, -0.25) is 4.79 Å². The average molecular weight is 337 g/mol. The molecule has 0 radical (unpaired) electrons. The van der Waals surface area contributed by atoms with Crippen molar-refractivity contribution in [1.29, 1.82) is 0 Å². The van der Waals surface area contributed by atoms with Crippen LogP contribution in [0.5, 0.6) is 11.5 Å². The molecule has 6 heteroatoms. The predicted molar refractivity (Wildman–Crippen MR) is 94.6 cm³/mol. The van der Waals surface area contributed by atoms with Gasteiger partial charge in [0, 0.05) is 6.20 Å². The first-order valence-corrected chi connectivity index (χ1v) is 8.30. The van der Waals surface area contributed by atoms with Crippen LogP contribution in [0.4, 0.5) is 5.69 Å². The molecule has 3 aromatic rings. The van der Waals surface area contributed by atoms with Gasteiger partial charge in [0.1, 0.15) is 23.1 Å². The number of nitrogens with zero attached hydrogens (tertiary/aromatic N) is 3. The molecule has 4 rings (SSSR count). The van der Waals surface area contributed by atoms with E-state index in [4.69, 9.17) is 9.47 Å². The zero-order valence-electron chi connectivity index (χ0n) is 14.2. The molecule has 1 aromatic carbocycles. The molecule has 0 bridgehead atoms. The number of aromatic nitrogens is 2. The van der Waals surface area contributed by atoms with Crippen LogP contribution < -0.4 is 14.4 Å². The van der Waals surface area contributed by atoms with Crippen LogP contribution in [0, 0.1) is 0 Å². The van der Waals surface area contributed by atoms with E-state index in [0.717, 1.165) is 17.9 Å². The lowest BCUT2D eigenvalue weighted by Crippen LogP contribution is -2.43. The van der Waals surface area contributed by atoms with Gasteiger partial charge in [-0.25, -0.2) is 4.52 Å². The van der Waals surface area contributed by atoms with Crippen molar-refractivity contribution < 1.29 is 14.3 Å². The van der Waals surface area contributed by atoms with Crippen LogP contribution in [0.25, 0.3) is 5.52 Å². The molecule has 0 aliphatic carbocycles. The van der Waals surface area contributed by atoms with E-state index >= 15 is 0 Å². The summed E-state index contributed by atoms with van der Waals surface area (Å²) in [5.41, 5.74) is 1.97.